The number of para-hydroxylation sites is 1. The van der Waals surface area contributed by atoms with Crippen LogP contribution in [0, 0.1) is 11.8 Å². The van der Waals surface area contributed by atoms with Crippen LogP contribution in [0.25, 0.3) is 0 Å². The van der Waals surface area contributed by atoms with Gasteiger partial charge in [0.05, 0.1) is 6.54 Å². The second kappa shape index (κ2) is 5.45. The molecule has 3 aliphatic rings. The van der Waals surface area contributed by atoms with E-state index in [0.29, 0.717) is 12.5 Å². The second-order valence-electron chi connectivity index (χ2n) is 6.92. The number of anilines is 1. The van der Waals surface area contributed by atoms with Gasteiger partial charge >= 0.3 is 0 Å². The van der Waals surface area contributed by atoms with Crippen molar-refractivity contribution in [2.45, 2.75) is 32.1 Å². The van der Waals surface area contributed by atoms with Gasteiger partial charge in [-0.3, -0.25) is 9.69 Å². The van der Waals surface area contributed by atoms with Crippen LogP contribution >= 0.6 is 0 Å². The van der Waals surface area contributed by atoms with E-state index in [1.165, 1.54) is 24.8 Å². The Labute approximate surface area is 126 Å². The van der Waals surface area contributed by atoms with E-state index in [4.69, 9.17) is 0 Å². The zero-order valence-electron chi connectivity index (χ0n) is 12.6. The highest BCUT2D eigenvalue weighted by atomic mass is 16.2. The highest BCUT2D eigenvalue weighted by Gasteiger charge is 2.37. The predicted molar refractivity (Wildman–Crippen MR) is 84.4 cm³/mol. The molecular weight excluding hydrogens is 260 g/mol. The van der Waals surface area contributed by atoms with Crippen molar-refractivity contribution in [2.75, 3.05) is 31.1 Å². The molecule has 0 radical (unpaired) electrons. The van der Waals surface area contributed by atoms with Crippen LogP contribution in [0.3, 0.4) is 0 Å². The fourth-order valence-corrected chi connectivity index (χ4v) is 4.53. The third-order valence-electron chi connectivity index (χ3n) is 5.57. The summed E-state index contributed by atoms with van der Waals surface area (Å²) in [7, 11) is 0. The van der Waals surface area contributed by atoms with E-state index in [-0.39, 0.29) is 0 Å². The maximum atomic E-state index is 12.7. The van der Waals surface area contributed by atoms with Crippen molar-refractivity contribution in [3.63, 3.8) is 0 Å². The summed E-state index contributed by atoms with van der Waals surface area (Å²) in [6.45, 7) is 3.79. The van der Waals surface area contributed by atoms with Gasteiger partial charge in [0.15, 0.2) is 0 Å². The van der Waals surface area contributed by atoms with Gasteiger partial charge in [-0.05, 0) is 49.1 Å². The SMILES string of the molecule is O=C(CN1CC2CCCC2C1)N1CCCc2ccccc21. The number of hydrogen-bond acceptors (Lipinski definition) is 2. The zero-order valence-corrected chi connectivity index (χ0v) is 12.6. The Morgan fingerprint density at radius 1 is 1.10 bits per heavy atom. The predicted octanol–water partition coefficient (Wildman–Crippen LogP) is 2.70. The summed E-state index contributed by atoms with van der Waals surface area (Å²) in [5.41, 5.74) is 2.48. The van der Waals surface area contributed by atoms with Gasteiger partial charge in [0.2, 0.25) is 5.91 Å². The van der Waals surface area contributed by atoms with Crippen molar-refractivity contribution in [3.8, 4) is 0 Å². The number of nitrogens with zero attached hydrogens (tertiary/aromatic N) is 2. The maximum Gasteiger partial charge on any atom is 0.241 e. The number of likely N-dealkylation sites (tertiary alicyclic amines) is 1. The van der Waals surface area contributed by atoms with Crippen LogP contribution < -0.4 is 4.90 Å². The van der Waals surface area contributed by atoms with Crippen molar-refractivity contribution in [1.82, 2.24) is 4.90 Å². The lowest BCUT2D eigenvalue weighted by molar-refractivity contribution is -0.119. The summed E-state index contributed by atoms with van der Waals surface area (Å²) in [5.74, 6) is 2.03. The lowest BCUT2D eigenvalue weighted by Crippen LogP contribution is -2.42. The van der Waals surface area contributed by atoms with Crippen molar-refractivity contribution in [2.24, 2.45) is 11.8 Å². The molecule has 0 spiro atoms. The number of amides is 1. The molecule has 2 unspecified atom stereocenters. The highest BCUT2D eigenvalue weighted by Crippen LogP contribution is 2.37. The monoisotopic (exact) mass is 284 g/mol. The molecule has 0 aromatic heterocycles. The minimum absolute atomic E-state index is 0.294. The Balaban J connectivity index is 1.44. The molecule has 0 bridgehead atoms. The summed E-state index contributed by atoms with van der Waals surface area (Å²) in [6, 6.07) is 8.39. The number of benzene rings is 1. The molecule has 1 aliphatic carbocycles. The van der Waals surface area contributed by atoms with Gasteiger partial charge in [0.1, 0.15) is 0 Å². The van der Waals surface area contributed by atoms with E-state index in [1.807, 2.05) is 11.0 Å². The average molecular weight is 284 g/mol. The number of hydrogen-bond donors (Lipinski definition) is 0. The topological polar surface area (TPSA) is 23.6 Å². The standard InChI is InChI=1S/C18H24N2O/c21-18(13-19-11-15-6-3-7-16(15)12-19)20-10-4-8-14-5-1-2-9-17(14)20/h1-2,5,9,15-16H,3-4,6-8,10-13H2. The number of aryl methyl sites for hydroxylation is 1. The minimum Gasteiger partial charge on any atom is -0.311 e. The van der Waals surface area contributed by atoms with Crippen molar-refractivity contribution < 1.29 is 4.79 Å². The molecule has 4 rings (SSSR count). The maximum absolute atomic E-state index is 12.7. The molecule has 21 heavy (non-hydrogen) atoms. The van der Waals surface area contributed by atoms with Crippen LogP contribution in [0.1, 0.15) is 31.2 Å². The van der Waals surface area contributed by atoms with Gasteiger partial charge in [0.25, 0.3) is 0 Å². The highest BCUT2D eigenvalue weighted by molar-refractivity contribution is 5.96. The van der Waals surface area contributed by atoms with Crippen molar-refractivity contribution in [1.29, 1.82) is 0 Å². The number of rotatable bonds is 2. The lowest BCUT2D eigenvalue weighted by atomic mass is 10.0. The average Bonchev–Trinajstić information content (AvgIpc) is 3.07. The summed E-state index contributed by atoms with van der Waals surface area (Å²) >= 11 is 0. The number of fused-ring (bicyclic) bond motifs is 2. The number of carbonyl (C=O) groups is 1. The molecule has 2 fully saturated rings. The van der Waals surface area contributed by atoms with Gasteiger partial charge in [-0.25, -0.2) is 0 Å². The molecule has 2 aliphatic heterocycles. The Bertz CT molecular complexity index is 530. The molecule has 3 nitrogen and oxygen atoms in total. The molecule has 1 saturated carbocycles. The van der Waals surface area contributed by atoms with Crippen LogP contribution in [-0.4, -0.2) is 37.0 Å². The largest absolute Gasteiger partial charge is 0.311 e. The first-order valence-electron chi connectivity index (χ1n) is 8.42. The fraction of sp³-hybridized carbons (Fsp3) is 0.611. The lowest BCUT2D eigenvalue weighted by Gasteiger charge is -2.31. The molecule has 1 aromatic rings. The second-order valence-corrected chi connectivity index (χ2v) is 6.92. The summed E-state index contributed by atoms with van der Waals surface area (Å²) in [4.78, 5) is 17.1. The molecule has 1 aromatic carbocycles. The Hall–Kier alpha value is -1.35. The van der Waals surface area contributed by atoms with Gasteiger partial charge in [0, 0.05) is 25.3 Å². The minimum atomic E-state index is 0.294. The zero-order chi connectivity index (χ0) is 14.2. The summed E-state index contributed by atoms with van der Waals surface area (Å²) in [6.07, 6.45) is 6.35. The summed E-state index contributed by atoms with van der Waals surface area (Å²) in [5, 5.41) is 0. The van der Waals surface area contributed by atoms with Crippen LogP contribution in [0.2, 0.25) is 0 Å². The smallest absolute Gasteiger partial charge is 0.241 e. The van der Waals surface area contributed by atoms with E-state index < -0.39 is 0 Å². The quantitative estimate of drug-likeness (QED) is 0.833. The van der Waals surface area contributed by atoms with E-state index in [1.54, 1.807) is 0 Å². The molecule has 1 amide bonds. The van der Waals surface area contributed by atoms with Gasteiger partial charge in [-0.1, -0.05) is 24.6 Å². The molecule has 1 saturated heterocycles. The summed E-state index contributed by atoms with van der Waals surface area (Å²) < 4.78 is 0. The van der Waals surface area contributed by atoms with Gasteiger partial charge in [-0.2, -0.15) is 0 Å². The van der Waals surface area contributed by atoms with E-state index in [0.717, 1.165) is 50.0 Å². The molecule has 2 heterocycles. The van der Waals surface area contributed by atoms with Crippen LogP contribution in [0.15, 0.2) is 24.3 Å². The van der Waals surface area contributed by atoms with E-state index in [2.05, 4.69) is 23.1 Å². The Kier molecular flexibility index (Phi) is 3.46. The third-order valence-corrected chi connectivity index (χ3v) is 5.57. The Morgan fingerprint density at radius 3 is 2.67 bits per heavy atom. The first-order chi connectivity index (χ1) is 10.3. The first-order valence-corrected chi connectivity index (χ1v) is 8.42. The van der Waals surface area contributed by atoms with Crippen molar-refractivity contribution >= 4 is 11.6 Å². The van der Waals surface area contributed by atoms with Crippen LogP contribution in [-0.2, 0) is 11.2 Å². The van der Waals surface area contributed by atoms with E-state index >= 15 is 0 Å². The molecule has 112 valence electrons. The van der Waals surface area contributed by atoms with Crippen LogP contribution in [0.4, 0.5) is 5.69 Å². The molecule has 3 heteroatoms. The van der Waals surface area contributed by atoms with Crippen LogP contribution in [0.5, 0.6) is 0 Å². The fourth-order valence-electron chi connectivity index (χ4n) is 4.53. The normalized spacial score (nSPS) is 28.5. The third kappa shape index (κ3) is 2.48. The van der Waals surface area contributed by atoms with E-state index in [9.17, 15) is 4.79 Å². The molecule has 0 N–H and O–H groups in total. The molecular formula is C18H24N2O. The first kappa shape index (κ1) is 13.3. The Morgan fingerprint density at radius 2 is 1.86 bits per heavy atom. The van der Waals surface area contributed by atoms with Crippen molar-refractivity contribution in [3.05, 3.63) is 29.8 Å². The van der Waals surface area contributed by atoms with Gasteiger partial charge < -0.3 is 4.90 Å². The number of carbonyl (C=O) groups excluding carboxylic acids is 1. The molecule has 2 atom stereocenters. The van der Waals surface area contributed by atoms with Gasteiger partial charge in [-0.15, -0.1) is 0 Å².